The molecule has 0 fully saturated rings. The Kier molecular flexibility index (Phi) is 4.78. The third-order valence-corrected chi connectivity index (χ3v) is 4.97. The van der Waals surface area contributed by atoms with Crippen LogP contribution >= 0.6 is 0 Å². The number of benzene rings is 1. The summed E-state index contributed by atoms with van der Waals surface area (Å²) in [5.74, 6) is 1.96. The van der Waals surface area contributed by atoms with Crippen LogP contribution in [0.3, 0.4) is 0 Å². The second kappa shape index (κ2) is 7.52. The van der Waals surface area contributed by atoms with Crippen LogP contribution in [0.2, 0.25) is 0 Å². The van der Waals surface area contributed by atoms with Crippen LogP contribution in [0, 0.1) is 0 Å². The summed E-state index contributed by atoms with van der Waals surface area (Å²) < 4.78 is 0. The maximum atomic E-state index is 4.52. The first kappa shape index (κ1) is 16.5. The summed E-state index contributed by atoms with van der Waals surface area (Å²) in [6.45, 7) is 2.81. The highest BCUT2D eigenvalue weighted by molar-refractivity contribution is 5.51. The minimum Gasteiger partial charge on any atom is -0.359 e. The monoisotopic (exact) mass is 345 g/mol. The summed E-state index contributed by atoms with van der Waals surface area (Å²) in [5, 5.41) is 0. The summed E-state index contributed by atoms with van der Waals surface area (Å²) in [5.41, 5.74) is 4.13. The molecule has 4 rings (SSSR count). The first-order valence-corrected chi connectivity index (χ1v) is 9.03. The van der Waals surface area contributed by atoms with Gasteiger partial charge in [0.05, 0.1) is 0 Å². The molecule has 0 radical (unpaired) electrons. The summed E-state index contributed by atoms with van der Waals surface area (Å²) in [6, 6.07) is 14.9. The molecule has 1 aliphatic rings. The third kappa shape index (κ3) is 3.67. The van der Waals surface area contributed by atoms with Gasteiger partial charge in [-0.2, -0.15) is 0 Å². The van der Waals surface area contributed by atoms with Crippen LogP contribution in [0.1, 0.15) is 16.7 Å². The molecule has 0 N–H and O–H groups in total. The number of fused-ring (bicyclic) bond motifs is 1. The molecule has 5 heteroatoms. The zero-order chi connectivity index (χ0) is 17.8. The summed E-state index contributed by atoms with van der Waals surface area (Å²) >= 11 is 0. The fraction of sp³-hybridized carbons (Fsp3) is 0.286. The standard InChI is InChI=1S/C21H23N5/c1-25(12-8-17-6-10-22-11-7-17)20-14-21(24-16-23-20)26-13-9-18-4-2-3-5-19(18)15-26/h2-7,10-11,14,16H,8-9,12-13,15H2,1H3. The predicted molar refractivity (Wildman–Crippen MR) is 104 cm³/mol. The molecule has 0 bridgehead atoms. The molecule has 0 unspecified atom stereocenters. The van der Waals surface area contributed by atoms with E-state index in [1.165, 1.54) is 16.7 Å². The quantitative estimate of drug-likeness (QED) is 0.711. The van der Waals surface area contributed by atoms with Crippen LogP contribution in [-0.4, -0.2) is 35.1 Å². The molecule has 0 saturated carbocycles. The molecule has 5 nitrogen and oxygen atoms in total. The average Bonchev–Trinajstić information content (AvgIpc) is 2.72. The first-order valence-electron chi connectivity index (χ1n) is 9.03. The van der Waals surface area contributed by atoms with Crippen molar-refractivity contribution in [3.05, 3.63) is 77.9 Å². The molecule has 0 amide bonds. The first-order chi connectivity index (χ1) is 12.8. The van der Waals surface area contributed by atoms with Gasteiger partial charge in [-0.3, -0.25) is 4.98 Å². The molecule has 0 spiro atoms. The van der Waals surface area contributed by atoms with Gasteiger partial charge in [0, 0.05) is 45.1 Å². The lowest BCUT2D eigenvalue weighted by atomic mass is 10.00. The van der Waals surface area contributed by atoms with Gasteiger partial charge in [0.15, 0.2) is 0 Å². The smallest absolute Gasteiger partial charge is 0.134 e. The fourth-order valence-corrected chi connectivity index (χ4v) is 3.37. The zero-order valence-corrected chi connectivity index (χ0v) is 15.0. The highest BCUT2D eigenvalue weighted by Crippen LogP contribution is 2.24. The average molecular weight is 345 g/mol. The fourth-order valence-electron chi connectivity index (χ4n) is 3.37. The van der Waals surface area contributed by atoms with E-state index < -0.39 is 0 Å². The summed E-state index contributed by atoms with van der Waals surface area (Å²) in [4.78, 5) is 17.6. The van der Waals surface area contributed by atoms with E-state index in [0.717, 1.165) is 44.1 Å². The molecule has 132 valence electrons. The third-order valence-electron chi connectivity index (χ3n) is 4.97. The van der Waals surface area contributed by atoms with Gasteiger partial charge < -0.3 is 9.80 Å². The highest BCUT2D eigenvalue weighted by atomic mass is 15.2. The number of likely N-dealkylation sites (N-methyl/N-ethyl adjacent to an activating group) is 1. The van der Waals surface area contributed by atoms with Crippen LogP contribution in [0.25, 0.3) is 0 Å². The number of anilines is 2. The lowest BCUT2D eigenvalue weighted by Gasteiger charge is -2.30. The Morgan fingerprint density at radius 2 is 1.85 bits per heavy atom. The molecular formula is C21H23N5. The maximum absolute atomic E-state index is 4.52. The molecule has 0 atom stereocenters. The van der Waals surface area contributed by atoms with Crippen molar-refractivity contribution in [3.63, 3.8) is 0 Å². The minimum absolute atomic E-state index is 0.906. The van der Waals surface area contributed by atoms with Crippen molar-refractivity contribution >= 4 is 11.6 Å². The van der Waals surface area contributed by atoms with Crippen molar-refractivity contribution in [2.24, 2.45) is 0 Å². The number of hydrogen-bond donors (Lipinski definition) is 0. The van der Waals surface area contributed by atoms with E-state index in [9.17, 15) is 0 Å². The van der Waals surface area contributed by atoms with E-state index in [-0.39, 0.29) is 0 Å². The van der Waals surface area contributed by atoms with Gasteiger partial charge in [0.2, 0.25) is 0 Å². The topological polar surface area (TPSA) is 45.2 Å². The van der Waals surface area contributed by atoms with Crippen molar-refractivity contribution in [2.45, 2.75) is 19.4 Å². The molecule has 2 aromatic heterocycles. The molecule has 0 saturated heterocycles. The second-order valence-corrected chi connectivity index (χ2v) is 6.70. The van der Waals surface area contributed by atoms with E-state index in [1.807, 2.05) is 12.4 Å². The van der Waals surface area contributed by atoms with Gasteiger partial charge in [-0.05, 0) is 41.7 Å². The summed E-state index contributed by atoms with van der Waals surface area (Å²) in [7, 11) is 2.08. The van der Waals surface area contributed by atoms with Crippen molar-refractivity contribution in [2.75, 3.05) is 29.9 Å². The van der Waals surface area contributed by atoms with Gasteiger partial charge in [-0.25, -0.2) is 9.97 Å². The van der Waals surface area contributed by atoms with E-state index in [2.05, 4.69) is 74.3 Å². The lowest BCUT2D eigenvalue weighted by molar-refractivity contribution is 0.718. The number of aromatic nitrogens is 3. The van der Waals surface area contributed by atoms with Gasteiger partial charge in [-0.15, -0.1) is 0 Å². The van der Waals surface area contributed by atoms with Crippen LogP contribution in [0.5, 0.6) is 0 Å². The number of pyridine rings is 1. The summed E-state index contributed by atoms with van der Waals surface area (Å²) in [6.07, 6.45) is 7.38. The Bertz CT molecular complexity index is 865. The van der Waals surface area contributed by atoms with Crippen LogP contribution in [0.15, 0.2) is 61.2 Å². The Labute approximate surface area is 154 Å². The molecule has 3 heterocycles. The van der Waals surface area contributed by atoms with E-state index in [0.29, 0.717) is 0 Å². The Morgan fingerprint density at radius 1 is 1.04 bits per heavy atom. The molecule has 3 aromatic rings. The number of nitrogens with zero attached hydrogens (tertiary/aromatic N) is 5. The lowest BCUT2D eigenvalue weighted by Crippen LogP contribution is -2.31. The molecule has 1 aliphatic heterocycles. The normalized spacial score (nSPS) is 13.3. The molecule has 26 heavy (non-hydrogen) atoms. The number of hydrogen-bond acceptors (Lipinski definition) is 5. The van der Waals surface area contributed by atoms with Crippen molar-refractivity contribution in [3.8, 4) is 0 Å². The Morgan fingerprint density at radius 3 is 2.69 bits per heavy atom. The Balaban J connectivity index is 1.45. The van der Waals surface area contributed by atoms with Gasteiger partial charge in [0.25, 0.3) is 0 Å². The largest absolute Gasteiger partial charge is 0.359 e. The van der Waals surface area contributed by atoms with Crippen molar-refractivity contribution < 1.29 is 0 Å². The minimum atomic E-state index is 0.906. The van der Waals surface area contributed by atoms with Gasteiger partial charge in [0.1, 0.15) is 18.0 Å². The van der Waals surface area contributed by atoms with Gasteiger partial charge >= 0.3 is 0 Å². The predicted octanol–water partition coefficient (Wildman–Crippen LogP) is 3.11. The van der Waals surface area contributed by atoms with Crippen LogP contribution in [-0.2, 0) is 19.4 Å². The highest BCUT2D eigenvalue weighted by Gasteiger charge is 2.18. The zero-order valence-electron chi connectivity index (χ0n) is 15.0. The molecule has 0 aliphatic carbocycles. The van der Waals surface area contributed by atoms with E-state index in [4.69, 9.17) is 0 Å². The SMILES string of the molecule is CN(CCc1ccncc1)c1cc(N2CCc3ccccc3C2)ncn1. The van der Waals surface area contributed by atoms with Crippen molar-refractivity contribution in [1.29, 1.82) is 0 Å². The number of rotatable bonds is 5. The molecule has 1 aromatic carbocycles. The van der Waals surface area contributed by atoms with Crippen molar-refractivity contribution in [1.82, 2.24) is 15.0 Å². The van der Waals surface area contributed by atoms with Crippen LogP contribution in [0.4, 0.5) is 11.6 Å². The van der Waals surface area contributed by atoms with E-state index >= 15 is 0 Å². The van der Waals surface area contributed by atoms with Gasteiger partial charge in [-0.1, -0.05) is 24.3 Å². The molecular weight excluding hydrogens is 322 g/mol. The Hall–Kier alpha value is -2.95. The maximum Gasteiger partial charge on any atom is 0.134 e. The second-order valence-electron chi connectivity index (χ2n) is 6.70. The van der Waals surface area contributed by atoms with Crippen LogP contribution < -0.4 is 9.80 Å². The van der Waals surface area contributed by atoms with E-state index in [1.54, 1.807) is 6.33 Å².